The first-order valence-corrected chi connectivity index (χ1v) is 11.9. The van der Waals surface area contributed by atoms with E-state index in [0.717, 1.165) is 31.7 Å². The van der Waals surface area contributed by atoms with Gasteiger partial charge in [-0.1, -0.05) is 19.6 Å². The number of fused-ring (bicyclic) bond motifs is 1. The Hall–Kier alpha value is -2.59. The minimum atomic E-state index is 0.495. The number of pyridine rings is 1. The van der Waals surface area contributed by atoms with E-state index in [4.69, 9.17) is 0 Å². The van der Waals surface area contributed by atoms with Gasteiger partial charge in [0.25, 0.3) is 0 Å². The van der Waals surface area contributed by atoms with E-state index in [2.05, 4.69) is 70.9 Å². The molecule has 2 saturated heterocycles. The number of aromatic nitrogens is 2. The quantitative estimate of drug-likeness (QED) is 0.576. The van der Waals surface area contributed by atoms with E-state index in [0.29, 0.717) is 12.0 Å². The maximum absolute atomic E-state index is 4.41. The van der Waals surface area contributed by atoms with Gasteiger partial charge in [-0.3, -0.25) is 4.98 Å². The summed E-state index contributed by atoms with van der Waals surface area (Å²) in [5.41, 5.74) is 8.99. The highest BCUT2D eigenvalue weighted by Crippen LogP contribution is 2.36. The summed E-state index contributed by atoms with van der Waals surface area (Å²) in [6.45, 7) is 12.1. The van der Waals surface area contributed by atoms with Crippen molar-refractivity contribution in [3.8, 4) is 11.3 Å². The summed E-state index contributed by atoms with van der Waals surface area (Å²) in [5, 5.41) is 4.98. The average molecular weight is 415 g/mol. The van der Waals surface area contributed by atoms with Gasteiger partial charge in [-0.05, 0) is 86.9 Å². The van der Waals surface area contributed by atoms with Crippen molar-refractivity contribution < 1.29 is 0 Å². The number of rotatable bonds is 5. The Labute approximate surface area is 185 Å². The molecule has 2 N–H and O–H groups in total. The second-order valence-electron chi connectivity index (χ2n) is 9.22. The van der Waals surface area contributed by atoms with Gasteiger partial charge in [0.15, 0.2) is 0 Å². The molecule has 0 saturated carbocycles. The number of nitrogens with zero attached hydrogens (tertiary/aromatic N) is 2. The van der Waals surface area contributed by atoms with Crippen LogP contribution in [0.25, 0.3) is 22.2 Å². The highest BCUT2D eigenvalue weighted by Gasteiger charge is 2.26. The fourth-order valence-corrected chi connectivity index (χ4v) is 5.52. The third-order valence-electron chi connectivity index (χ3n) is 7.30. The van der Waals surface area contributed by atoms with E-state index >= 15 is 0 Å². The third-order valence-corrected chi connectivity index (χ3v) is 7.30. The van der Waals surface area contributed by atoms with E-state index < -0.39 is 0 Å². The Kier molecular flexibility index (Phi) is 5.58. The number of likely N-dealkylation sites (tertiary alicyclic amines) is 1. The molecule has 2 aliphatic heterocycles. The van der Waals surface area contributed by atoms with Gasteiger partial charge in [0.1, 0.15) is 0 Å². The van der Waals surface area contributed by atoms with Crippen LogP contribution in [0.2, 0.25) is 0 Å². The molecule has 1 aromatic carbocycles. The molecule has 1 atom stereocenters. The minimum absolute atomic E-state index is 0.495. The van der Waals surface area contributed by atoms with Gasteiger partial charge >= 0.3 is 0 Å². The predicted octanol–water partition coefficient (Wildman–Crippen LogP) is 5.55. The first kappa shape index (κ1) is 20.3. The number of hydrogen-bond acceptors (Lipinski definition) is 3. The number of nitrogens with one attached hydrogen (secondary N) is 2. The zero-order valence-corrected chi connectivity index (χ0v) is 18.9. The average Bonchev–Trinajstić information content (AvgIpc) is 3.46. The Bertz CT molecular complexity index is 1080. The van der Waals surface area contributed by atoms with E-state index in [9.17, 15) is 0 Å². The van der Waals surface area contributed by atoms with Crippen molar-refractivity contribution in [3.63, 3.8) is 0 Å². The lowest BCUT2D eigenvalue weighted by molar-refractivity contribution is 0.247. The number of piperidine rings is 1. The van der Waals surface area contributed by atoms with Crippen LogP contribution in [0.5, 0.6) is 0 Å². The lowest BCUT2D eigenvalue weighted by Gasteiger charge is -2.37. The minimum Gasteiger partial charge on any atom is -0.374 e. The molecule has 5 rings (SSSR count). The molecule has 2 aliphatic rings. The summed E-state index contributed by atoms with van der Waals surface area (Å²) >= 11 is 0. The van der Waals surface area contributed by atoms with Crippen LogP contribution in [0, 0.1) is 6.92 Å². The second kappa shape index (κ2) is 8.51. The molecule has 2 aromatic heterocycles. The number of aryl methyl sites for hydroxylation is 2. The molecule has 3 aromatic rings. The smallest absolute Gasteiger partial charge is 0.0498 e. The fourth-order valence-electron chi connectivity index (χ4n) is 5.52. The molecule has 2 fully saturated rings. The van der Waals surface area contributed by atoms with Crippen LogP contribution in [0.1, 0.15) is 55.3 Å². The number of hydrogen-bond donors (Lipinski definition) is 2. The first-order valence-electron chi connectivity index (χ1n) is 11.9. The van der Waals surface area contributed by atoms with Gasteiger partial charge in [-0.25, -0.2) is 0 Å². The Morgan fingerprint density at radius 2 is 2.00 bits per heavy atom. The molecule has 0 unspecified atom stereocenters. The Morgan fingerprint density at radius 1 is 1.16 bits per heavy atom. The zero-order valence-electron chi connectivity index (χ0n) is 18.9. The van der Waals surface area contributed by atoms with E-state index in [-0.39, 0.29) is 0 Å². The molecule has 0 spiro atoms. The lowest BCUT2D eigenvalue weighted by atomic mass is 9.88. The topological polar surface area (TPSA) is 44.0 Å². The van der Waals surface area contributed by atoms with Crippen LogP contribution in [0.3, 0.4) is 0 Å². The van der Waals surface area contributed by atoms with Crippen molar-refractivity contribution in [3.05, 3.63) is 65.6 Å². The van der Waals surface area contributed by atoms with Crippen molar-refractivity contribution in [2.24, 2.45) is 0 Å². The Balaban J connectivity index is 1.37. The zero-order chi connectivity index (χ0) is 21.4. The standard InChI is InChI=1S/C27H34N4/c1-4-23-24-17-21(7-8-26(24)30-27(23)22-9-13-28-18(2)16-22)20-10-14-31(15-11-20)19(3)25-6-5-12-29-25/h7-9,13,16-17,20,25,29-30H,3-6,10-12,14-15H2,1-2H3/t25-/m0/s1. The van der Waals surface area contributed by atoms with E-state index in [1.54, 1.807) is 0 Å². The number of aromatic amines is 1. The van der Waals surface area contributed by atoms with Crippen molar-refractivity contribution >= 4 is 10.9 Å². The predicted molar refractivity (Wildman–Crippen MR) is 129 cm³/mol. The Morgan fingerprint density at radius 3 is 2.71 bits per heavy atom. The van der Waals surface area contributed by atoms with Crippen LogP contribution in [0.4, 0.5) is 0 Å². The highest BCUT2D eigenvalue weighted by atomic mass is 15.2. The molecular formula is C27H34N4. The molecule has 0 aliphatic carbocycles. The monoisotopic (exact) mass is 414 g/mol. The molecule has 31 heavy (non-hydrogen) atoms. The first-order chi connectivity index (χ1) is 15.1. The summed E-state index contributed by atoms with van der Waals surface area (Å²) in [4.78, 5) is 10.6. The number of H-pyrrole nitrogens is 1. The molecule has 4 nitrogen and oxygen atoms in total. The summed E-state index contributed by atoms with van der Waals surface area (Å²) in [6.07, 6.45) is 7.86. The third kappa shape index (κ3) is 3.89. The molecule has 0 radical (unpaired) electrons. The van der Waals surface area contributed by atoms with Crippen LogP contribution < -0.4 is 5.32 Å². The maximum atomic E-state index is 4.41. The van der Waals surface area contributed by atoms with Gasteiger partial charge in [-0.15, -0.1) is 0 Å². The van der Waals surface area contributed by atoms with Crippen molar-refractivity contribution in [1.82, 2.24) is 20.2 Å². The van der Waals surface area contributed by atoms with Crippen LogP contribution in [-0.2, 0) is 6.42 Å². The largest absolute Gasteiger partial charge is 0.374 e. The van der Waals surface area contributed by atoms with Crippen molar-refractivity contribution in [2.75, 3.05) is 19.6 Å². The molecule has 0 amide bonds. The fraction of sp³-hybridized carbons (Fsp3) is 0.444. The maximum Gasteiger partial charge on any atom is 0.0498 e. The van der Waals surface area contributed by atoms with E-state index in [1.807, 2.05) is 6.20 Å². The van der Waals surface area contributed by atoms with Crippen molar-refractivity contribution in [1.29, 1.82) is 0 Å². The van der Waals surface area contributed by atoms with Gasteiger partial charge in [0.2, 0.25) is 0 Å². The van der Waals surface area contributed by atoms with E-state index in [1.165, 1.54) is 64.7 Å². The van der Waals surface area contributed by atoms with Gasteiger partial charge in [-0.2, -0.15) is 0 Å². The molecule has 4 heteroatoms. The molecule has 0 bridgehead atoms. The van der Waals surface area contributed by atoms with Gasteiger partial charge in [0.05, 0.1) is 0 Å². The highest BCUT2D eigenvalue weighted by molar-refractivity contribution is 5.91. The normalized spacial score (nSPS) is 19.9. The summed E-state index contributed by atoms with van der Waals surface area (Å²) < 4.78 is 0. The molecule has 162 valence electrons. The number of benzene rings is 1. The molecule has 4 heterocycles. The van der Waals surface area contributed by atoms with Crippen LogP contribution in [0.15, 0.2) is 48.8 Å². The lowest BCUT2D eigenvalue weighted by Crippen LogP contribution is -2.39. The summed E-state index contributed by atoms with van der Waals surface area (Å²) in [7, 11) is 0. The van der Waals surface area contributed by atoms with Gasteiger partial charge < -0.3 is 15.2 Å². The SMILES string of the molecule is C=C([C@@H]1CCCN1)N1CCC(c2ccc3[nH]c(-c4ccnc(C)c4)c(CC)c3c2)CC1. The van der Waals surface area contributed by atoms with Gasteiger partial charge in [0, 0.05) is 58.9 Å². The van der Waals surface area contributed by atoms with Crippen LogP contribution >= 0.6 is 0 Å². The van der Waals surface area contributed by atoms with Crippen molar-refractivity contribution in [2.45, 2.75) is 57.9 Å². The molecular weight excluding hydrogens is 380 g/mol. The second-order valence-corrected chi connectivity index (χ2v) is 9.22. The summed E-state index contributed by atoms with van der Waals surface area (Å²) in [6, 6.07) is 11.9. The summed E-state index contributed by atoms with van der Waals surface area (Å²) in [5.74, 6) is 0.635. The van der Waals surface area contributed by atoms with Crippen LogP contribution in [-0.4, -0.2) is 40.5 Å².